The van der Waals surface area contributed by atoms with E-state index in [9.17, 15) is 14.4 Å². The molecule has 5 rings (SSSR count). The van der Waals surface area contributed by atoms with Crippen LogP contribution in [0, 0.1) is 5.92 Å². The molecule has 1 aromatic carbocycles. The van der Waals surface area contributed by atoms with Crippen LogP contribution in [0.2, 0.25) is 0 Å². The van der Waals surface area contributed by atoms with Crippen molar-refractivity contribution in [3.8, 4) is 11.1 Å². The third-order valence-corrected chi connectivity index (χ3v) is 7.54. The second-order valence-electron chi connectivity index (χ2n) is 10.2. The van der Waals surface area contributed by atoms with Crippen LogP contribution in [0.3, 0.4) is 0 Å². The minimum atomic E-state index is -0.340. The molecule has 206 valence electrons. The van der Waals surface area contributed by atoms with Gasteiger partial charge in [0.05, 0.1) is 11.4 Å². The Morgan fingerprint density at radius 3 is 2.73 bits per heavy atom. The number of benzene rings is 1. The Labute approximate surface area is 232 Å². The normalized spacial score (nSPS) is 16.1. The first-order chi connectivity index (χ1) is 19.4. The van der Waals surface area contributed by atoms with Crippen molar-refractivity contribution in [2.75, 3.05) is 24.1 Å². The van der Waals surface area contributed by atoms with Crippen molar-refractivity contribution in [2.45, 2.75) is 45.6 Å². The number of fused-ring (bicyclic) bond motifs is 1. The van der Waals surface area contributed by atoms with E-state index in [0.29, 0.717) is 35.9 Å². The Morgan fingerprint density at radius 2 is 1.98 bits per heavy atom. The van der Waals surface area contributed by atoms with Gasteiger partial charge in [-0.2, -0.15) is 0 Å². The molecule has 3 aromatic heterocycles. The summed E-state index contributed by atoms with van der Waals surface area (Å²) in [5, 5.41) is 3.60. The van der Waals surface area contributed by atoms with Crippen molar-refractivity contribution in [1.82, 2.24) is 24.4 Å². The minimum absolute atomic E-state index is 0.00289. The number of amides is 2. The Morgan fingerprint density at radius 1 is 1.18 bits per heavy atom. The quantitative estimate of drug-likeness (QED) is 0.319. The van der Waals surface area contributed by atoms with E-state index in [1.165, 1.54) is 6.33 Å². The minimum Gasteiger partial charge on any atom is -0.383 e. The fraction of sp³-hybridized carbons (Fsp3) is 0.333. The van der Waals surface area contributed by atoms with Crippen LogP contribution < -0.4 is 11.1 Å². The first kappa shape index (κ1) is 27.0. The first-order valence-corrected chi connectivity index (χ1v) is 13.6. The summed E-state index contributed by atoms with van der Waals surface area (Å²) in [5.41, 5.74) is 10.4. The van der Waals surface area contributed by atoms with Gasteiger partial charge in [0.25, 0.3) is 5.91 Å². The van der Waals surface area contributed by atoms with E-state index in [1.807, 2.05) is 35.4 Å². The van der Waals surface area contributed by atoms with Gasteiger partial charge in [0.15, 0.2) is 0 Å². The number of piperidine rings is 1. The zero-order chi connectivity index (χ0) is 28.2. The molecule has 0 bridgehead atoms. The van der Waals surface area contributed by atoms with E-state index in [-0.39, 0.29) is 30.2 Å². The highest BCUT2D eigenvalue weighted by Crippen LogP contribution is 2.36. The number of rotatable bonds is 8. The van der Waals surface area contributed by atoms with Crippen LogP contribution in [-0.2, 0) is 16.0 Å². The maximum Gasteiger partial charge on any atom is 0.256 e. The van der Waals surface area contributed by atoms with E-state index in [4.69, 9.17) is 5.73 Å². The second kappa shape index (κ2) is 11.6. The number of nitrogens with two attached hydrogens (primary N) is 1. The van der Waals surface area contributed by atoms with Crippen molar-refractivity contribution in [1.29, 1.82) is 0 Å². The van der Waals surface area contributed by atoms with Crippen LogP contribution >= 0.6 is 0 Å². The summed E-state index contributed by atoms with van der Waals surface area (Å²) in [6.07, 6.45) is 8.75. The van der Waals surface area contributed by atoms with Crippen LogP contribution in [0.25, 0.3) is 22.2 Å². The molecule has 0 saturated carbocycles. The maximum atomic E-state index is 12.9. The number of pyridine rings is 1. The van der Waals surface area contributed by atoms with Gasteiger partial charge in [0.2, 0.25) is 5.91 Å². The number of likely N-dealkylation sites (tertiary alicyclic amines) is 1. The molecule has 4 heterocycles. The molecule has 2 amide bonds. The van der Waals surface area contributed by atoms with Gasteiger partial charge in [-0.05, 0) is 54.7 Å². The summed E-state index contributed by atoms with van der Waals surface area (Å²) >= 11 is 0. The molecule has 2 atom stereocenters. The fourth-order valence-corrected chi connectivity index (χ4v) is 5.30. The third kappa shape index (κ3) is 5.42. The largest absolute Gasteiger partial charge is 0.383 e. The van der Waals surface area contributed by atoms with E-state index in [2.05, 4.69) is 31.8 Å². The summed E-state index contributed by atoms with van der Waals surface area (Å²) < 4.78 is 2.08. The molecule has 10 nitrogen and oxygen atoms in total. The van der Waals surface area contributed by atoms with Crippen LogP contribution in [0.4, 0.5) is 11.6 Å². The zero-order valence-corrected chi connectivity index (χ0v) is 22.7. The predicted octanol–water partition coefficient (Wildman–Crippen LogP) is 4.28. The maximum absolute atomic E-state index is 12.9. The smallest absolute Gasteiger partial charge is 0.256 e. The number of nitrogen functional groups attached to an aromatic ring is 1. The highest BCUT2D eigenvalue weighted by Gasteiger charge is 2.29. The van der Waals surface area contributed by atoms with Crippen LogP contribution in [0.5, 0.6) is 0 Å². The zero-order valence-electron chi connectivity index (χ0n) is 22.7. The monoisotopic (exact) mass is 539 g/mol. The van der Waals surface area contributed by atoms with Gasteiger partial charge in [0.1, 0.15) is 29.9 Å². The number of hydrogen-bond acceptors (Lipinski definition) is 7. The number of carbonyl (C=O) groups is 3. The number of aromatic nitrogens is 4. The lowest BCUT2D eigenvalue weighted by Crippen LogP contribution is -2.43. The highest BCUT2D eigenvalue weighted by atomic mass is 16.2. The molecule has 0 spiro atoms. The van der Waals surface area contributed by atoms with Gasteiger partial charge in [-0.25, -0.2) is 15.0 Å². The molecule has 1 aliphatic heterocycles. The summed E-state index contributed by atoms with van der Waals surface area (Å²) in [6, 6.07) is 11.1. The molecular formula is C30H33N7O3. The van der Waals surface area contributed by atoms with E-state index < -0.39 is 0 Å². The van der Waals surface area contributed by atoms with E-state index >= 15 is 0 Å². The molecule has 40 heavy (non-hydrogen) atoms. The summed E-state index contributed by atoms with van der Waals surface area (Å²) in [7, 11) is 0. The SMILES string of the molecule is CCc1ccnc(NC(=O)c2ccc(-c3cn([C@@H]4CCCN(C(=O)C(C)CC=O)C4)c4ncnc(N)c34)cc2)c1. The van der Waals surface area contributed by atoms with Crippen LogP contribution in [-0.4, -0.2) is 55.6 Å². The van der Waals surface area contributed by atoms with Crippen molar-refractivity contribution < 1.29 is 14.4 Å². The molecule has 1 fully saturated rings. The predicted molar refractivity (Wildman–Crippen MR) is 154 cm³/mol. The van der Waals surface area contributed by atoms with Gasteiger partial charge in [0, 0.05) is 48.9 Å². The Kier molecular flexibility index (Phi) is 7.86. The average molecular weight is 540 g/mol. The van der Waals surface area contributed by atoms with Crippen molar-refractivity contribution in [3.05, 3.63) is 66.2 Å². The van der Waals surface area contributed by atoms with Crippen LogP contribution in [0.1, 0.15) is 55.1 Å². The number of aryl methyl sites for hydroxylation is 1. The van der Waals surface area contributed by atoms with E-state index in [1.54, 1.807) is 25.3 Å². The number of hydrogen-bond donors (Lipinski definition) is 2. The summed E-state index contributed by atoms with van der Waals surface area (Å²) in [6.45, 7) is 5.04. The molecule has 10 heteroatoms. The fourth-order valence-electron chi connectivity index (χ4n) is 5.30. The number of anilines is 2. The lowest BCUT2D eigenvalue weighted by molar-refractivity contribution is -0.137. The third-order valence-electron chi connectivity index (χ3n) is 7.54. The number of aldehydes is 1. The van der Waals surface area contributed by atoms with Crippen molar-refractivity contribution >= 4 is 40.8 Å². The van der Waals surface area contributed by atoms with Gasteiger partial charge >= 0.3 is 0 Å². The standard InChI is InChI=1S/C30H33N7O3/c1-3-20-10-12-32-25(15-20)35-29(39)22-8-6-21(7-9-22)24-17-37(28-26(24)27(31)33-18-34-28)23-5-4-13-36(16-23)30(40)19(2)11-14-38/h6-10,12,14-15,17-19,23H,3-5,11,13,16H2,1-2H3,(H2,31,33,34)(H,32,35,39)/t19?,23-/m1/s1. The van der Waals surface area contributed by atoms with Crippen molar-refractivity contribution in [3.63, 3.8) is 0 Å². The van der Waals surface area contributed by atoms with Gasteiger partial charge in [-0.15, -0.1) is 0 Å². The summed E-state index contributed by atoms with van der Waals surface area (Å²) in [4.78, 5) is 51.6. The lowest BCUT2D eigenvalue weighted by Gasteiger charge is -2.35. The Balaban J connectivity index is 1.42. The molecule has 0 radical (unpaired) electrons. The number of nitrogens with one attached hydrogen (secondary N) is 1. The summed E-state index contributed by atoms with van der Waals surface area (Å²) in [5.74, 6) is 0.294. The highest BCUT2D eigenvalue weighted by molar-refractivity contribution is 6.05. The van der Waals surface area contributed by atoms with Gasteiger partial charge < -0.3 is 25.3 Å². The topological polar surface area (TPSA) is 136 Å². The first-order valence-electron chi connectivity index (χ1n) is 13.6. The molecule has 1 aliphatic rings. The Bertz CT molecular complexity index is 1550. The van der Waals surface area contributed by atoms with Crippen LogP contribution in [0.15, 0.2) is 55.1 Å². The second-order valence-corrected chi connectivity index (χ2v) is 10.2. The molecular weight excluding hydrogens is 506 g/mol. The molecule has 1 unspecified atom stereocenters. The molecule has 0 aliphatic carbocycles. The molecule has 4 aromatic rings. The lowest BCUT2D eigenvalue weighted by atomic mass is 10.0. The van der Waals surface area contributed by atoms with Gasteiger partial charge in [-0.3, -0.25) is 9.59 Å². The van der Waals surface area contributed by atoms with Gasteiger partial charge in [-0.1, -0.05) is 26.0 Å². The Hall–Kier alpha value is -4.60. The number of nitrogens with zero attached hydrogens (tertiary/aromatic N) is 5. The number of carbonyl (C=O) groups excluding carboxylic acids is 3. The van der Waals surface area contributed by atoms with E-state index in [0.717, 1.165) is 47.6 Å². The molecule has 3 N–H and O–H groups in total. The molecule has 1 saturated heterocycles. The van der Waals surface area contributed by atoms with Crippen molar-refractivity contribution in [2.24, 2.45) is 5.92 Å². The average Bonchev–Trinajstić information content (AvgIpc) is 3.38.